The van der Waals surface area contributed by atoms with E-state index >= 15 is 0 Å². The van der Waals surface area contributed by atoms with Crippen molar-refractivity contribution in [1.82, 2.24) is 5.32 Å². The molecule has 3 rings (SSSR count). The summed E-state index contributed by atoms with van der Waals surface area (Å²) in [6.07, 6.45) is -1.63. The van der Waals surface area contributed by atoms with Crippen LogP contribution in [0.25, 0.3) is 0 Å². The highest BCUT2D eigenvalue weighted by Crippen LogP contribution is 2.26. The Kier molecular flexibility index (Phi) is 3.88. The number of hydrogen-bond acceptors (Lipinski definition) is 4. The maximum absolute atomic E-state index is 13.1. The highest BCUT2D eigenvalue weighted by Gasteiger charge is 2.47. The molecule has 2 fully saturated rings. The molecule has 0 aromatic heterocycles. The van der Waals surface area contributed by atoms with Crippen LogP contribution >= 0.6 is 0 Å². The van der Waals surface area contributed by atoms with Gasteiger partial charge in [-0.25, -0.2) is 8.78 Å². The smallest absolute Gasteiger partial charge is 0.224 e. The molecule has 2 aliphatic rings. The molecule has 2 aliphatic heterocycles. The van der Waals surface area contributed by atoms with Crippen molar-refractivity contribution in [2.24, 2.45) is 0 Å². The van der Waals surface area contributed by atoms with E-state index < -0.39 is 23.8 Å². The van der Waals surface area contributed by atoms with Crippen molar-refractivity contribution >= 4 is 5.91 Å². The van der Waals surface area contributed by atoms with Crippen molar-refractivity contribution in [3.63, 3.8) is 0 Å². The highest BCUT2D eigenvalue weighted by atomic mass is 19.1. The van der Waals surface area contributed by atoms with Crippen LogP contribution in [0.3, 0.4) is 0 Å². The zero-order valence-corrected chi connectivity index (χ0v) is 11.1. The van der Waals surface area contributed by atoms with Crippen LogP contribution in [0.2, 0.25) is 0 Å². The van der Waals surface area contributed by atoms with Crippen LogP contribution in [0.1, 0.15) is 5.56 Å². The average molecular weight is 299 g/mol. The number of fused-ring (bicyclic) bond motifs is 1. The van der Waals surface area contributed by atoms with E-state index in [9.17, 15) is 18.7 Å². The van der Waals surface area contributed by atoms with E-state index in [0.29, 0.717) is 0 Å². The van der Waals surface area contributed by atoms with E-state index in [0.717, 1.165) is 18.2 Å². The number of hydrogen-bond donors (Lipinski definition) is 2. The summed E-state index contributed by atoms with van der Waals surface area (Å²) in [7, 11) is 0. The lowest BCUT2D eigenvalue weighted by Gasteiger charge is -2.17. The predicted molar refractivity (Wildman–Crippen MR) is 67.5 cm³/mol. The maximum Gasteiger partial charge on any atom is 0.224 e. The molecule has 0 unspecified atom stereocenters. The van der Waals surface area contributed by atoms with E-state index in [1.807, 2.05) is 0 Å². The van der Waals surface area contributed by atoms with Crippen molar-refractivity contribution in [2.45, 2.75) is 30.8 Å². The van der Waals surface area contributed by atoms with E-state index in [1.54, 1.807) is 0 Å². The summed E-state index contributed by atoms with van der Waals surface area (Å²) in [4.78, 5) is 11.9. The second-order valence-corrected chi connectivity index (χ2v) is 5.29. The molecule has 0 aliphatic carbocycles. The minimum Gasteiger partial charge on any atom is -0.388 e. The Morgan fingerprint density at radius 1 is 1.19 bits per heavy atom. The van der Waals surface area contributed by atoms with Crippen LogP contribution < -0.4 is 5.32 Å². The van der Waals surface area contributed by atoms with Gasteiger partial charge in [-0.2, -0.15) is 0 Å². The Labute approximate surface area is 119 Å². The number of benzene rings is 1. The Balaban J connectivity index is 1.59. The number of aliphatic hydroxyl groups excluding tert-OH is 1. The predicted octanol–water partition coefficient (Wildman–Crippen LogP) is 0.151. The van der Waals surface area contributed by atoms with Crippen LogP contribution in [0, 0.1) is 11.6 Å². The summed E-state index contributed by atoms with van der Waals surface area (Å²) in [6.45, 7) is 0.423. The van der Waals surface area contributed by atoms with Crippen LogP contribution in [0.5, 0.6) is 0 Å². The number of aliphatic hydroxyl groups is 1. The lowest BCUT2D eigenvalue weighted by atomic mass is 10.1. The number of carbonyl (C=O) groups is 1. The monoisotopic (exact) mass is 299 g/mol. The van der Waals surface area contributed by atoms with Crippen LogP contribution in [0.4, 0.5) is 8.78 Å². The number of nitrogens with one attached hydrogen (secondary N) is 1. The highest BCUT2D eigenvalue weighted by molar-refractivity contribution is 5.79. The van der Waals surface area contributed by atoms with Gasteiger partial charge < -0.3 is 19.9 Å². The normalized spacial score (nSPS) is 31.2. The molecule has 1 amide bonds. The number of amides is 1. The molecule has 0 spiro atoms. The molecule has 1 aromatic carbocycles. The fraction of sp³-hybridized carbons (Fsp3) is 0.500. The number of carbonyl (C=O) groups excluding carboxylic acids is 1. The molecule has 0 saturated carbocycles. The molecular weight excluding hydrogens is 284 g/mol. The molecule has 0 bridgehead atoms. The first-order valence-corrected chi connectivity index (χ1v) is 6.68. The van der Waals surface area contributed by atoms with Gasteiger partial charge in [-0.1, -0.05) is 0 Å². The van der Waals surface area contributed by atoms with Crippen LogP contribution in [0.15, 0.2) is 18.2 Å². The molecular formula is C14H15F2NO4. The Bertz CT molecular complexity index is 534. The zero-order chi connectivity index (χ0) is 15.0. The Hall–Kier alpha value is -1.57. The molecule has 7 heteroatoms. The SMILES string of the molecule is O=C(Cc1cc(F)cc(F)c1)N[C@H]1CO[C@H]2[C@@H]1OC[C@H]2O. The lowest BCUT2D eigenvalue weighted by molar-refractivity contribution is -0.121. The minimum atomic E-state index is -0.718. The maximum atomic E-state index is 13.1. The van der Waals surface area contributed by atoms with Gasteiger partial charge in [-0.05, 0) is 17.7 Å². The van der Waals surface area contributed by atoms with Gasteiger partial charge in [0.1, 0.15) is 29.9 Å². The first-order valence-electron chi connectivity index (χ1n) is 6.68. The number of halogens is 2. The van der Waals surface area contributed by atoms with Gasteiger partial charge in [0.2, 0.25) is 5.91 Å². The molecule has 4 atom stereocenters. The number of rotatable bonds is 3. The fourth-order valence-corrected chi connectivity index (χ4v) is 2.76. The van der Waals surface area contributed by atoms with Crippen molar-refractivity contribution in [3.05, 3.63) is 35.4 Å². The molecule has 114 valence electrons. The first kappa shape index (κ1) is 14.4. The second-order valence-electron chi connectivity index (χ2n) is 5.29. The van der Waals surface area contributed by atoms with Crippen molar-refractivity contribution in [1.29, 1.82) is 0 Å². The van der Waals surface area contributed by atoms with Gasteiger partial charge in [-0.3, -0.25) is 4.79 Å². The van der Waals surface area contributed by atoms with E-state index in [2.05, 4.69) is 5.32 Å². The Morgan fingerprint density at radius 2 is 1.86 bits per heavy atom. The molecule has 2 heterocycles. The third-order valence-electron chi connectivity index (χ3n) is 3.66. The number of ether oxygens (including phenoxy) is 2. The van der Waals surface area contributed by atoms with Gasteiger partial charge in [0.15, 0.2) is 0 Å². The van der Waals surface area contributed by atoms with E-state index in [-0.39, 0.29) is 43.3 Å². The molecule has 2 N–H and O–H groups in total. The summed E-state index contributed by atoms with van der Waals surface area (Å²) < 4.78 is 36.9. The van der Waals surface area contributed by atoms with Crippen molar-refractivity contribution in [3.8, 4) is 0 Å². The largest absolute Gasteiger partial charge is 0.388 e. The van der Waals surface area contributed by atoms with Gasteiger partial charge >= 0.3 is 0 Å². The summed E-state index contributed by atoms with van der Waals surface area (Å²) in [5, 5.41) is 12.3. The molecule has 0 radical (unpaired) electrons. The van der Waals surface area contributed by atoms with Gasteiger partial charge in [0.05, 0.1) is 25.7 Å². The van der Waals surface area contributed by atoms with Gasteiger partial charge in [0.25, 0.3) is 0 Å². The molecule has 1 aromatic rings. The summed E-state index contributed by atoms with van der Waals surface area (Å²) >= 11 is 0. The summed E-state index contributed by atoms with van der Waals surface area (Å²) in [5.41, 5.74) is 0.257. The summed E-state index contributed by atoms with van der Waals surface area (Å²) in [5.74, 6) is -1.81. The lowest BCUT2D eigenvalue weighted by Crippen LogP contribution is -2.44. The zero-order valence-electron chi connectivity index (χ0n) is 11.1. The quantitative estimate of drug-likeness (QED) is 0.834. The molecule has 5 nitrogen and oxygen atoms in total. The topological polar surface area (TPSA) is 67.8 Å². The van der Waals surface area contributed by atoms with Crippen LogP contribution in [-0.2, 0) is 20.7 Å². The summed E-state index contributed by atoms with van der Waals surface area (Å²) in [6, 6.07) is 2.63. The molecule has 21 heavy (non-hydrogen) atoms. The van der Waals surface area contributed by atoms with Gasteiger partial charge in [0, 0.05) is 6.07 Å². The van der Waals surface area contributed by atoms with Gasteiger partial charge in [-0.15, -0.1) is 0 Å². The second kappa shape index (κ2) is 5.67. The third-order valence-corrected chi connectivity index (χ3v) is 3.66. The fourth-order valence-electron chi connectivity index (χ4n) is 2.76. The van der Waals surface area contributed by atoms with Crippen molar-refractivity contribution in [2.75, 3.05) is 13.2 Å². The van der Waals surface area contributed by atoms with Crippen LogP contribution in [-0.4, -0.2) is 48.6 Å². The first-order chi connectivity index (χ1) is 10.0. The van der Waals surface area contributed by atoms with E-state index in [1.165, 1.54) is 0 Å². The standard InChI is InChI=1S/C14H15F2NO4/c15-8-1-7(2-9(16)4-8)3-12(19)17-10-5-20-14-11(18)6-21-13(10)14/h1-2,4,10-11,13-14,18H,3,5-6H2,(H,17,19)/t10-,11+,13+,14+/m0/s1. The molecule has 2 saturated heterocycles. The third kappa shape index (κ3) is 3.04. The Morgan fingerprint density at radius 3 is 2.57 bits per heavy atom. The average Bonchev–Trinajstić information content (AvgIpc) is 2.93. The minimum absolute atomic E-state index is 0.134. The van der Waals surface area contributed by atoms with Crippen molar-refractivity contribution < 1.29 is 28.2 Å². The van der Waals surface area contributed by atoms with E-state index in [4.69, 9.17) is 9.47 Å².